The van der Waals surface area contributed by atoms with Gasteiger partial charge in [0, 0.05) is 35.8 Å². The molecule has 0 spiro atoms. The summed E-state index contributed by atoms with van der Waals surface area (Å²) in [7, 11) is 0. The van der Waals surface area contributed by atoms with Crippen LogP contribution in [0.3, 0.4) is 0 Å². The number of hydrogen-bond donors (Lipinski definition) is 2. The van der Waals surface area contributed by atoms with Crippen LogP contribution in [0.4, 0.5) is 4.79 Å². The molecule has 0 aromatic carbocycles. The van der Waals surface area contributed by atoms with E-state index in [0.29, 0.717) is 6.54 Å². The van der Waals surface area contributed by atoms with E-state index in [2.05, 4.69) is 30.5 Å². The van der Waals surface area contributed by atoms with Crippen LogP contribution in [-0.4, -0.2) is 36.0 Å². The monoisotopic (exact) mass is 323 g/mol. The Labute approximate surface area is 136 Å². The van der Waals surface area contributed by atoms with E-state index in [0.717, 1.165) is 19.4 Å². The van der Waals surface area contributed by atoms with Crippen molar-refractivity contribution in [2.45, 2.75) is 52.6 Å². The summed E-state index contributed by atoms with van der Waals surface area (Å²) in [5.41, 5.74) is 1.19. The van der Waals surface area contributed by atoms with Crippen LogP contribution in [0.2, 0.25) is 0 Å². The van der Waals surface area contributed by atoms with Gasteiger partial charge in [-0.05, 0) is 45.2 Å². The molecule has 1 aromatic rings. The van der Waals surface area contributed by atoms with Gasteiger partial charge in [0.25, 0.3) is 0 Å². The van der Waals surface area contributed by atoms with Crippen LogP contribution in [0.5, 0.6) is 0 Å². The highest BCUT2D eigenvalue weighted by atomic mass is 32.1. The van der Waals surface area contributed by atoms with E-state index < -0.39 is 0 Å². The predicted molar refractivity (Wildman–Crippen MR) is 89.2 cm³/mol. The summed E-state index contributed by atoms with van der Waals surface area (Å²) in [5.74, 6) is -0.0370. The molecule has 2 atom stereocenters. The fourth-order valence-corrected chi connectivity index (χ4v) is 4.02. The number of carbonyl (C=O) groups excluding carboxylic acids is 2. The fraction of sp³-hybridized carbons (Fsp3) is 0.625. The molecule has 22 heavy (non-hydrogen) atoms. The Hall–Kier alpha value is -1.56. The summed E-state index contributed by atoms with van der Waals surface area (Å²) in [5, 5.41) is 5.98. The van der Waals surface area contributed by atoms with Gasteiger partial charge in [0.2, 0.25) is 5.91 Å². The summed E-state index contributed by atoms with van der Waals surface area (Å²) in [6, 6.07) is 2.16. The molecule has 2 rings (SSSR count). The van der Waals surface area contributed by atoms with E-state index in [1.54, 1.807) is 16.2 Å². The van der Waals surface area contributed by atoms with Crippen molar-refractivity contribution in [2.75, 3.05) is 13.1 Å². The van der Waals surface area contributed by atoms with Crippen molar-refractivity contribution in [3.05, 3.63) is 21.4 Å². The number of carbonyl (C=O) groups is 2. The Balaban J connectivity index is 1.93. The van der Waals surface area contributed by atoms with Crippen LogP contribution in [-0.2, 0) is 4.79 Å². The van der Waals surface area contributed by atoms with Crippen LogP contribution in [0, 0.1) is 13.8 Å². The van der Waals surface area contributed by atoms with Gasteiger partial charge in [-0.3, -0.25) is 4.79 Å². The van der Waals surface area contributed by atoms with Crippen LogP contribution in [0.25, 0.3) is 0 Å². The first kappa shape index (κ1) is 16.8. The minimum Gasteiger partial charge on any atom is -0.352 e. The number of likely N-dealkylation sites (tertiary alicyclic amines) is 1. The zero-order chi connectivity index (χ0) is 16.3. The molecule has 0 aliphatic carbocycles. The van der Waals surface area contributed by atoms with Crippen LogP contribution in [0.1, 0.15) is 48.0 Å². The zero-order valence-corrected chi connectivity index (χ0v) is 14.5. The average molecular weight is 323 g/mol. The second kappa shape index (κ2) is 7.13. The number of nitrogens with zero attached hydrogens (tertiary/aromatic N) is 1. The number of piperidine rings is 1. The Bertz CT molecular complexity index is 556. The number of rotatable bonds is 3. The molecule has 1 aliphatic heterocycles. The molecule has 1 aromatic heterocycles. The molecular weight excluding hydrogens is 298 g/mol. The molecule has 2 unspecified atom stereocenters. The van der Waals surface area contributed by atoms with Crippen molar-refractivity contribution in [1.29, 1.82) is 0 Å². The Morgan fingerprint density at radius 1 is 1.41 bits per heavy atom. The number of aryl methyl sites for hydroxylation is 2. The van der Waals surface area contributed by atoms with Gasteiger partial charge < -0.3 is 15.5 Å². The van der Waals surface area contributed by atoms with Crippen molar-refractivity contribution in [2.24, 2.45) is 0 Å². The summed E-state index contributed by atoms with van der Waals surface area (Å²) in [6.45, 7) is 9.03. The minimum absolute atomic E-state index is 0.00130. The van der Waals surface area contributed by atoms with Gasteiger partial charge in [-0.1, -0.05) is 0 Å². The largest absolute Gasteiger partial charge is 0.352 e. The van der Waals surface area contributed by atoms with Crippen LogP contribution >= 0.6 is 11.3 Å². The molecule has 0 radical (unpaired) electrons. The summed E-state index contributed by atoms with van der Waals surface area (Å²) >= 11 is 1.76. The zero-order valence-electron chi connectivity index (χ0n) is 13.7. The lowest BCUT2D eigenvalue weighted by Crippen LogP contribution is -2.52. The third-order valence-electron chi connectivity index (χ3n) is 4.00. The molecule has 2 N–H and O–H groups in total. The van der Waals surface area contributed by atoms with Crippen molar-refractivity contribution >= 4 is 23.3 Å². The van der Waals surface area contributed by atoms with E-state index >= 15 is 0 Å². The molecule has 0 saturated carbocycles. The average Bonchev–Trinajstić information content (AvgIpc) is 2.77. The maximum Gasteiger partial charge on any atom is 0.317 e. The van der Waals surface area contributed by atoms with Gasteiger partial charge in [0.1, 0.15) is 0 Å². The number of thiophene rings is 1. The van der Waals surface area contributed by atoms with E-state index in [9.17, 15) is 9.59 Å². The lowest BCUT2D eigenvalue weighted by atomic mass is 10.1. The standard InChI is InChI=1S/C16H25N3O2S/c1-10-8-15(12(3)22-10)11(2)17-16(21)19-7-5-6-14(9-19)18-13(4)20/h8,11,14H,5-7,9H2,1-4H3,(H,17,21)(H,18,20). The summed E-state index contributed by atoms with van der Waals surface area (Å²) < 4.78 is 0. The van der Waals surface area contributed by atoms with Crippen molar-refractivity contribution in [3.63, 3.8) is 0 Å². The molecular formula is C16H25N3O2S. The van der Waals surface area contributed by atoms with Gasteiger partial charge in [-0.25, -0.2) is 4.79 Å². The van der Waals surface area contributed by atoms with Crippen LogP contribution < -0.4 is 10.6 Å². The molecule has 122 valence electrons. The van der Waals surface area contributed by atoms with Gasteiger partial charge in [-0.2, -0.15) is 0 Å². The second-order valence-corrected chi connectivity index (χ2v) is 7.49. The minimum atomic E-state index is -0.0502. The van der Waals surface area contributed by atoms with Gasteiger partial charge in [0.15, 0.2) is 0 Å². The maximum atomic E-state index is 12.4. The number of urea groups is 1. The number of amides is 3. The predicted octanol–water partition coefficient (Wildman–Crippen LogP) is 2.74. The molecule has 1 aliphatic rings. The Kier molecular flexibility index (Phi) is 5.45. The molecule has 3 amide bonds. The van der Waals surface area contributed by atoms with E-state index in [4.69, 9.17) is 0 Å². The highest BCUT2D eigenvalue weighted by molar-refractivity contribution is 7.12. The maximum absolute atomic E-state index is 12.4. The quantitative estimate of drug-likeness (QED) is 0.898. The van der Waals surface area contributed by atoms with E-state index in [1.807, 2.05) is 6.92 Å². The SMILES string of the molecule is CC(=O)NC1CCCN(C(=O)NC(C)c2cc(C)sc2C)C1. The molecule has 1 fully saturated rings. The normalized spacial score (nSPS) is 19.6. The molecule has 2 heterocycles. The number of hydrogen-bond acceptors (Lipinski definition) is 3. The lowest BCUT2D eigenvalue weighted by molar-refractivity contribution is -0.119. The molecule has 6 heteroatoms. The van der Waals surface area contributed by atoms with Crippen molar-refractivity contribution in [3.8, 4) is 0 Å². The Morgan fingerprint density at radius 2 is 2.14 bits per heavy atom. The van der Waals surface area contributed by atoms with Crippen molar-refractivity contribution in [1.82, 2.24) is 15.5 Å². The molecule has 5 nitrogen and oxygen atoms in total. The lowest BCUT2D eigenvalue weighted by Gasteiger charge is -2.33. The van der Waals surface area contributed by atoms with Crippen LogP contribution in [0.15, 0.2) is 6.07 Å². The fourth-order valence-electron chi connectivity index (χ4n) is 3.00. The van der Waals surface area contributed by atoms with E-state index in [-0.39, 0.29) is 24.0 Å². The van der Waals surface area contributed by atoms with Gasteiger partial charge in [-0.15, -0.1) is 11.3 Å². The first-order valence-corrected chi connectivity index (χ1v) is 8.58. The first-order chi connectivity index (χ1) is 10.4. The van der Waals surface area contributed by atoms with Gasteiger partial charge >= 0.3 is 6.03 Å². The first-order valence-electron chi connectivity index (χ1n) is 7.76. The third kappa shape index (κ3) is 4.22. The summed E-state index contributed by atoms with van der Waals surface area (Å²) in [6.07, 6.45) is 1.85. The topological polar surface area (TPSA) is 61.4 Å². The molecule has 0 bridgehead atoms. The highest BCUT2D eigenvalue weighted by Gasteiger charge is 2.25. The molecule has 1 saturated heterocycles. The third-order valence-corrected chi connectivity index (χ3v) is 4.98. The number of nitrogens with one attached hydrogen (secondary N) is 2. The Morgan fingerprint density at radius 3 is 2.73 bits per heavy atom. The van der Waals surface area contributed by atoms with E-state index in [1.165, 1.54) is 22.2 Å². The highest BCUT2D eigenvalue weighted by Crippen LogP contribution is 2.26. The van der Waals surface area contributed by atoms with Gasteiger partial charge in [0.05, 0.1) is 6.04 Å². The second-order valence-electron chi connectivity index (χ2n) is 6.03. The van der Waals surface area contributed by atoms with Crippen molar-refractivity contribution < 1.29 is 9.59 Å². The summed E-state index contributed by atoms with van der Waals surface area (Å²) in [4.78, 5) is 27.9. The smallest absolute Gasteiger partial charge is 0.317 e.